The van der Waals surface area contributed by atoms with Crippen LogP contribution in [-0.4, -0.2) is 22.0 Å². The Morgan fingerprint density at radius 2 is 1.90 bits per heavy atom. The van der Waals surface area contributed by atoms with Crippen LogP contribution in [0.25, 0.3) is 11.3 Å². The molecule has 0 saturated heterocycles. The Bertz CT molecular complexity index is 1070. The molecule has 0 unspecified atom stereocenters. The molecule has 150 valence electrons. The first-order chi connectivity index (χ1) is 13.8. The van der Waals surface area contributed by atoms with Gasteiger partial charge >= 0.3 is 0 Å². The summed E-state index contributed by atoms with van der Waals surface area (Å²) in [5.41, 5.74) is 3.67. The maximum Gasteiger partial charge on any atom is 0.227 e. The molecule has 1 atom stereocenters. The molecular formula is C22H19F3N2O2. The minimum Gasteiger partial charge on any atom is -0.356 e. The maximum absolute atomic E-state index is 13.5. The van der Waals surface area contributed by atoms with Crippen LogP contribution in [0, 0.1) is 24.4 Å². The quantitative estimate of drug-likeness (QED) is 0.605. The molecule has 0 spiro atoms. The van der Waals surface area contributed by atoms with Crippen molar-refractivity contribution in [2.45, 2.75) is 39.3 Å². The van der Waals surface area contributed by atoms with Crippen molar-refractivity contribution in [1.82, 2.24) is 10.1 Å². The summed E-state index contributed by atoms with van der Waals surface area (Å²) >= 11 is 0. The lowest BCUT2D eigenvalue weighted by molar-refractivity contribution is -0.133. The third kappa shape index (κ3) is 3.52. The molecule has 0 aliphatic carbocycles. The lowest BCUT2D eigenvalue weighted by atomic mass is 9.95. The van der Waals surface area contributed by atoms with Gasteiger partial charge in [0.1, 0.15) is 0 Å². The van der Waals surface area contributed by atoms with Gasteiger partial charge in [0.15, 0.2) is 23.2 Å². The normalized spacial score (nSPS) is 16.0. The summed E-state index contributed by atoms with van der Waals surface area (Å²) in [6.45, 7) is 4.14. The molecule has 2 aromatic carbocycles. The number of halogens is 3. The number of carbonyl (C=O) groups is 1. The summed E-state index contributed by atoms with van der Waals surface area (Å²) in [5, 5.41) is 4.18. The highest BCUT2D eigenvalue weighted by Crippen LogP contribution is 2.34. The molecule has 0 radical (unpaired) electrons. The number of nitrogens with zero attached hydrogens (tertiary/aromatic N) is 2. The molecule has 1 aromatic heterocycles. The van der Waals surface area contributed by atoms with Crippen molar-refractivity contribution in [3.05, 3.63) is 76.2 Å². The molecule has 4 nitrogen and oxygen atoms in total. The maximum atomic E-state index is 13.5. The summed E-state index contributed by atoms with van der Waals surface area (Å²) in [7, 11) is 0. The number of amides is 1. The number of fused-ring (bicyclic) bond motifs is 1. The van der Waals surface area contributed by atoms with Gasteiger partial charge in [-0.25, -0.2) is 13.2 Å². The molecule has 4 rings (SSSR count). The van der Waals surface area contributed by atoms with Gasteiger partial charge in [0, 0.05) is 23.6 Å². The summed E-state index contributed by atoms with van der Waals surface area (Å²) in [4.78, 5) is 14.5. The van der Waals surface area contributed by atoms with Crippen LogP contribution in [0.15, 0.2) is 40.9 Å². The highest BCUT2D eigenvalue weighted by Gasteiger charge is 2.32. The van der Waals surface area contributed by atoms with Crippen LogP contribution in [0.3, 0.4) is 0 Å². The average Bonchev–Trinajstić information content (AvgIpc) is 3.08. The highest BCUT2D eigenvalue weighted by molar-refractivity contribution is 5.80. The predicted molar refractivity (Wildman–Crippen MR) is 100 cm³/mol. The smallest absolute Gasteiger partial charge is 0.227 e. The van der Waals surface area contributed by atoms with Crippen molar-refractivity contribution in [2.75, 3.05) is 0 Å². The van der Waals surface area contributed by atoms with Gasteiger partial charge in [-0.2, -0.15) is 0 Å². The van der Waals surface area contributed by atoms with Crippen molar-refractivity contribution in [1.29, 1.82) is 0 Å². The third-order valence-electron chi connectivity index (χ3n) is 5.33. The fourth-order valence-electron chi connectivity index (χ4n) is 3.74. The van der Waals surface area contributed by atoms with Gasteiger partial charge in [-0.3, -0.25) is 4.79 Å². The van der Waals surface area contributed by atoms with Crippen molar-refractivity contribution in [3.8, 4) is 11.3 Å². The number of aromatic nitrogens is 1. The fraction of sp³-hybridized carbons (Fsp3) is 0.273. The molecule has 0 N–H and O–H groups in total. The Morgan fingerprint density at radius 3 is 2.59 bits per heavy atom. The second-order valence-corrected chi connectivity index (χ2v) is 7.38. The fourth-order valence-corrected chi connectivity index (χ4v) is 3.74. The molecule has 0 fully saturated rings. The summed E-state index contributed by atoms with van der Waals surface area (Å²) in [6.07, 6.45) is 0.293. The SMILES string of the molecule is Cc1ccccc1-c1onc2c1CN(C(=O)Cc1cc(F)c(F)c(F)c1)[C@@H](C)C2. The Hall–Kier alpha value is -3.09. The van der Waals surface area contributed by atoms with E-state index in [1.54, 1.807) is 4.90 Å². The minimum atomic E-state index is -1.54. The van der Waals surface area contributed by atoms with Gasteiger partial charge in [-0.05, 0) is 37.1 Å². The lowest BCUT2D eigenvalue weighted by Crippen LogP contribution is -2.43. The zero-order valence-electron chi connectivity index (χ0n) is 16.0. The number of rotatable bonds is 3. The van der Waals surface area contributed by atoms with Crippen LogP contribution in [0.2, 0.25) is 0 Å². The van der Waals surface area contributed by atoms with Crippen LogP contribution in [-0.2, 0) is 24.2 Å². The van der Waals surface area contributed by atoms with Gasteiger partial charge in [-0.1, -0.05) is 29.4 Å². The molecule has 0 saturated carbocycles. The Labute approximate surface area is 165 Å². The van der Waals surface area contributed by atoms with Crippen LogP contribution in [0.1, 0.15) is 29.3 Å². The van der Waals surface area contributed by atoms with E-state index in [0.717, 1.165) is 34.5 Å². The van der Waals surface area contributed by atoms with E-state index in [-0.39, 0.29) is 30.5 Å². The topological polar surface area (TPSA) is 46.3 Å². The summed E-state index contributed by atoms with van der Waals surface area (Å²) in [6, 6.07) is 9.30. The standard InChI is InChI=1S/C22H19F3N2O2/c1-12-5-3-4-6-15(12)22-16-11-27(13(2)7-19(16)26-29-22)20(28)10-14-8-17(23)21(25)18(24)9-14/h3-6,8-9,13H,7,10-11H2,1-2H3/t13-/m0/s1. The Morgan fingerprint density at radius 1 is 1.21 bits per heavy atom. The first kappa shape index (κ1) is 19.2. The monoisotopic (exact) mass is 400 g/mol. The van der Waals surface area contributed by atoms with Crippen molar-refractivity contribution in [3.63, 3.8) is 0 Å². The summed E-state index contributed by atoms with van der Waals surface area (Å²) < 4.78 is 45.7. The number of hydrogen-bond donors (Lipinski definition) is 0. The van der Waals surface area contributed by atoms with Crippen LogP contribution >= 0.6 is 0 Å². The highest BCUT2D eigenvalue weighted by atomic mass is 19.2. The van der Waals surface area contributed by atoms with Crippen molar-refractivity contribution >= 4 is 5.91 Å². The molecular weight excluding hydrogens is 381 g/mol. The van der Waals surface area contributed by atoms with Gasteiger partial charge in [0.05, 0.1) is 18.7 Å². The van der Waals surface area contributed by atoms with Crippen molar-refractivity contribution < 1.29 is 22.5 Å². The largest absolute Gasteiger partial charge is 0.356 e. The van der Waals surface area contributed by atoms with Crippen LogP contribution < -0.4 is 0 Å². The van der Waals surface area contributed by atoms with E-state index in [9.17, 15) is 18.0 Å². The predicted octanol–water partition coefficient (Wildman–Crippen LogP) is 4.58. The lowest BCUT2D eigenvalue weighted by Gasteiger charge is -2.33. The summed E-state index contributed by atoms with van der Waals surface area (Å²) in [5.74, 6) is -3.82. The zero-order valence-corrected chi connectivity index (χ0v) is 16.0. The number of hydrogen-bond acceptors (Lipinski definition) is 3. The third-order valence-corrected chi connectivity index (χ3v) is 5.33. The number of aryl methyl sites for hydroxylation is 1. The van der Waals surface area contributed by atoms with E-state index in [1.165, 1.54) is 0 Å². The molecule has 3 aromatic rings. The van der Waals surface area contributed by atoms with Gasteiger partial charge in [-0.15, -0.1) is 0 Å². The second kappa shape index (κ2) is 7.39. The van der Waals surface area contributed by atoms with Crippen molar-refractivity contribution in [2.24, 2.45) is 0 Å². The van der Waals surface area contributed by atoms with Gasteiger partial charge in [0.25, 0.3) is 0 Å². The van der Waals surface area contributed by atoms with Gasteiger partial charge in [0.2, 0.25) is 5.91 Å². The molecule has 29 heavy (non-hydrogen) atoms. The first-order valence-electron chi connectivity index (χ1n) is 9.31. The zero-order chi connectivity index (χ0) is 20.7. The van der Waals surface area contributed by atoms with Gasteiger partial charge < -0.3 is 9.42 Å². The van der Waals surface area contributed by atoms with Crippen LogP contribution in [0.4, 0.5) is 13.2 Å². The first-order valence-corrected chi connectivity index (χ1v) is 9.31. The number of benzene rings is 2. The molecule has 1 amide bonds. The van der Waals surface area contributed by atoms with E-state index in [0.29, 0.717) is 12.2 Å². The minimum absolute atomic E-state index is 0.0915. The molecule has 0 bridgehead atoms. The Balaban J connectivity index is 1.61. The molecule has 7 heteroatoms. The molecule has 1 aliphatic heterocycles. The van der Waals surface area contributed by atoms with E-state index < -0.39 is 17.5 Å². The van der Waals surface area contributed by atoms with E-state index in [4.69, 9.17) is 4.52 Å². The number of carbonyl (C=O) groups excluding carboxylic acids is 1. The molecule has 1 aliphatic rings. The second-order valence-electron chi connectivity index (χ2n) is 7.38. The molecule has 2 heterocycles. The van der Waals surface area contributed by atoms with E-state index in [2.05, 4.69) is 5.16 Å². The van der Waals surface area contributed by atoms with E-state index >= 15 is 0 Å². The van der Waals surface area contributed by atoms with Crippen LogP contribution in [0.5, 0.6) is 0 Å². The average molecular weight is 400 g/mol. The Kier molecular flexibility index (Phi) is 4.90. The van der Waals surface area contributed by atoms with E-state index in [1.807, 2.05) is 38.1 Å².